The van der Waals surface area contributed by atoms with Crippen molar-refractivity contribution < 1.29 is 15.0 Å². The van der Waals surface area contributed by atoms with Crippen LogP contribution in [0.1, 0.15) is 50.6 Å². The van der Waals surface area contributed by atoms with Crippen LogP contribution in [0.4, 0.5) is 0 Å². The summed E-state index contributed by atoms with van der Waals surface area (Å²) in [5.41, 5.74) is 0.326. The lowest BCUT2D eigenvalue weighted by atomic mass is 9.47. The molecule has 27 heavy (non-hydrogen) atoms. The van der Waals surface area contributed by atoms with Crippen LogP contribution in [0.5, 0.6) is 0 Å². The largest absolute Gasteiger partial charge is 0.391 e. The standard InChI is InChI=1S/C21H29N3O3/c25-18-12-24(11-16(18)4-17-10-22-1-2-23-17)19(26)9-20-5-14-3-15(6-20)8-21(27,7-14)13-20/h1-2,10,14-16,18,25,27H,3-9,11-13H2/t14?,15?,16-,18-,20?,21?/m1/s1. The molecule has 1 aromatic rings. The van der Waals surface area contributed by atoms with E-state index in [4.69, 9.17) is 0 Å². The molecule has 1 aromatic heterocycles. The van der Waals surface area contributed by atoms with Crippen molar-refractivity contribution in [3.63, 3.8) is 0 Å². The van der Waals surface area contributed by atoms with E-state index in [9.17, 15) is 15.0 Å². The smallest absolute Gasteiger partial charge is 0.223 e. The predicted octanol–water partition coefficient (Wildman–Crippen LogP) is 1.56. The Morgan fingerprint density at radius 2 is 1.96 bits per heavy atom. The molecular formula is C21H29N3O3. The Kier molecular flexibility index (Phi) is 4.06. The van der Waals surface area contributed by atoms with Crippen LogP contribution in [0.25, 0.3) is 0 Å². The summed E-state index contributed by atoms with van der Waals surface area (Å²) in [5.74, 6) is 1.36. The molecule has 0 radical (unpaired) electrons. The van der Waals surface area contributed by atoms with Crippen molar-refractivity contribution >= 4 is 5.91 Å². The van der Waals surface area contributed by atoms with E-state index in [0.29, 0.717) is 37.8 Å². The topological polar surface area (TPSA) is 86.5 Å². The molecule has 146 valence electrons. The first kappa shape index (κ1) is 17.6. The number of aromatic nitrogens is 2. The number of aliphatic hydroxyl groups is 2. The van der Waals surface area contributed by atoms with Gasteiger partial charge in [0.2, 0.25) is 5.91 Å². The number of nitrogens with zero attached hydrogens (tertiary/aromatic N) is 3. The van der Waals surface area contributed by atoms with E-state index in [2.05, 4.69) is 9.97 Å². The number of aliphatic hydroxyl groups excluding tert-OH is 1. The van der Waals surface area contributed by atoms with E-state index < -0.39 is 11.7 Å². The van der Waals surface area contributed by atoms with Crippen LogP contribution in [-0.2, 0) is 11.2 Å². The molecule has 2 unspecified atom stereocenters. The summed E-state index contributed by atoms with van der Waals surface area (Å²) < 4.78 is 0. The molecule has 2 N–H and O–H groups in total. The number of hydrogen-bond donors (Lipinski definition) is 2. The molecule has 4 aliphatic carbocycles. The lowest BCUT2D eigenvalue weighted by Gasteiger charge is -2.60. The van der Waals surface area contributed by atoms with Gasteiger partial charge in [0, 0.05) is 44.0 Å². The van der Waals surface area contributed by atoms with Gasteiger partial charge in [-0.15, -0.1) is 0 Å². The molecule has 6 heteroatoms. The summed E-state index contributed by atoms with van der Waals surface area (Å²) in [7, 11) is 0. The molecule has 0 spiro atoms. The lowest BCUT2D eigenvalue weighted by Crippen LogP contribution is -2.56. The molecular weight excluding hydrogens is 342 g/mol. The maximum atomic E-state index is 13.1. The average Bonchev–Trinajstić information content (AvgIpc) is 2.94. The fourth-order valence-electron chi connectivity index (χ4n) is 7.00. The van der Waals surface area contributed by atoms with Gasteiger partial charge in [-0.05, 0) is 62.2 Å². The third kappa shape index (κ3) is 3.27. The Labute approximate surface area is 160 Å². The van der Waals surface area contributed by atoms with Gasteiger partial charge in [0.25, 0.3) is 0 Å². The van der Waals surface area contributed by atoms with Crippen LogP contribution in [0.15, 0.2) is 18.6 Å². The highest BCUT2D eigenvalue weighted by Crippen LogP contribution is 2.62. The molecule has 6 nitrogen and oxygen atoms in total. The van der Waals surface area contributed by atoms with Crippen molar-refractivity contribution in [3.05, 3.63) is 24.3 Å². The Morgan fingerprint density at radius 1 is 1.19 bits per heavy atom. The zero-order valence-corrected chi connectivity index (χ0v) is 15.8. The number of amides is 1. The first-order valence-electron chi connectivity index (χ1n) is 10.4. The molecule has 1 aliphatic heterocycles. The molecule has 1 saturated heterocycles. The molecule has 6 rings (SSSR count). The van der Waals surface area contributed by atoms with Gasteiger partial charge >= 0.3 is 0 Å². The van der Waals surface area contributed by atoms with Crippen LogP contribution < -0.4 is 0 Å². The van der Waals surface area contributed by atoms with Crippen molar-refractivity contribution in [2.24, 2.45) is 23.2 Å². The van der Waals surface area contributed by atoms with Gasteiger partial charge in [0.1, 0.15) is 0 Å². The third-order valence-electron chi connectivity index (χ3n) is 7.52. The molecule has 4 bridgehead atoms. The van der Waals surface area contributed by atoms with Crippen molar-refractivity contribution in [2.75, 3.05) is 13.1 Å². The SMILES string of the molecule is O=C(CC12CC3CC(CC(O)(C3)C1)C2)N1C[C@@H](Cc2cnccn2)[C@H](O)C1. The van der Waals surface area contributed by atoms with E-state index in [1.807, 2.05) is 4.90 Å². The summed E-state index contributed by atoms with van der Waals surface area (Å²) in [4.78, 5) is 23.3. The molecule has 0 aromatic carbocycles. The van der Waals surface area contributed by atoms with Gasteiger partial charge in [-0.2, -0.15) is 0 Å². The van der Waals surface area contributed by atoms with Crippen LogP contribution >= 0.6 is 0 Å². The van der Waals surface area contributed by atoms with E-state index in [1.54, 1.807) is 18.6 Å². The second kappa shape index (κ2) is 6.24. The van der Waals surface area contributed by atoms with E-state index in [-0.39, 0.29) is 17.2 Å². The third-order valence-corrected chi connectivity index (χ3v) is 7.52. The first-order chi connectivity index (χ1) is 12.9. The number of rotatable bonds is 4. The van der Waals surface area contributed by atoms with Crippen LogP contribution in [0.3, 0.4) is 0 Å². The average molecular weight is 371 g/mol. The fraction of sp³-hybridized carbons (Fsp3) is 0.762. The first-order valence-corrected chi connectivity index (χ1v) is 10.4. The van der Waals surface area contributed by atoms with Crippen molar-refractivity contribution in [1.29, 1.82) is 0 Å². The Bertz CT molecular complexity index is 711. The molecule has 5 aliphatic rings. The zero-order chi connectivity index (χ0) is 18.6. The molecule has 1 amide bonds. The minimum atomic E-state index is -0.524. The number of hydrogen-bond acceptors (Lipinski definition) is 5. The predicted molar refractivity (Wildman–Crippen MR) is 98.5 cm³/mol. The normalized spacial score (nSPS) is 42.7. The van der Waals surface area contributed by atoms with E-state index >= 15 is 0 Å². The second-order valence-electron chi connectivity index (χ2n) is 9.89. The lowest BCUT2D eigenvalue weighted by molar-refractivity contribution is -0.171. The monoisotopic (exact) mass is 371 g/mol. The molecule has 4 saturated carbocycles. The van der Waals surface area contributed by atoms with Gasteiger partial charge in [-0.3, -0.25) is 14.8 Å². The minimum Gasteiger partial charge on any atom is -0.391 e. The minimum absolute atomic E-state index is 0.0101. The van der Waals surface area contributed by atoms with Crippen LogP contribution in [0, 0.1) is 23.2 Å². The van der Waals surface area contributed by atoms with Gasteiger partial charge < -0.3 is 15.1 Å². The van der Waals surface area contributed by atoms with Gasteiger partial charge in [0.05, 0.1) is 17.4 Å². The van der Waals surface area contributed by atoms with Gasteiger partial charge in [0.15, 0.2) is 0 Å². The zero-order valence-electron chi connectivity index (χ0n) is 15.8. The second-order valence-corrected chi connectivity index (χ2v) is 9.89. The highest BCUT2D eigenvalue weighted by atomic mass is 16.3. The Balaban J connectivity index is 1.24. The van der Waals surface area contributed by atoms with E-state index in [1.165, 1.54) is 6.42 Å². The highest BCUT2D eigenvalue weighted by Gasteiger charge is 2.57. The number of carbonyl (C=O) groups excluding carboxylic acids is 1. The summed E-state index contributed by atoms with van der Waals surface area (Å²) >= 11 is 0. The van der Waals surface area contributed by atoms with Crippen LogP contribution in [0.2, 0.25) is 0 Å². The van der Waals surface area contributed by atoms with Crippen molar-refractivity contribution in [1.82, 2.24) is 14.9 Å². The quantitative estimate of drug-likeness (QED) is 0.839. The molecule has 5 fully saturated rings. The van der Waals surface area contributed by atoms with Crippen molar-refractivity contribution in [2.45, 2.75) is 63.1 Å². The maximum Gasteiger partial charge on any atom is 0.223 e. The summed E-state index contributed by atoms with van der Waals surface area (Å²) in [5, 5.41) is 21.4. The summed E-state index contributed by atoms with van der Waals surface area (Å²) in [6, 6.07) is 0. The Morgan fingerprint density at radius 3 is 2.63 bits per heavy atom. The summed E-state index contributed by atoms with van der Waals surface area (Å²) in [6.07, 6.45) is 11.8. The highest BCUT2D eigenvalue weighted by molar-refractivity contribution is 5.77. The van der Waals surface area contributed by atoms with Gasteiger partial charge in [-0.1, -0.05) is 0 Å². The molecule has 4 atom stereocenters. The number of likely N-dealkylation sites (tertiary alicyclic amines) is 1. The van der Waals surface area contributed by atoms with E-state index in [0.717, 1.165) is 37.8 Å². The fourth-order valence-corrected chi connectivity index (χ4v) is 7.00. The number of β-amino-alcohol motifs (C(OH)–C–C–N with tert-alkyl or cyclic N) is 1. The Hall–Kier alpha value is -1.53. The van der Waals surface area contributed by atoms with Gasteiger partial charge in [-0.25, -0.2) is 0 Å². The van der Waals surface area contributed by atoms with Crippen molar-refractivity contribution in [3.8, 4) is 0 Å². The molecule has 2 heterocycles. The number of carbonyl (C=O) groups is 1. The van der Waals surface area contributed by atoms with Crippen LogP contribution in [-0.4, -0.2) is 55.8 Å². The maximum absolute atomic E-state index is 13.1. The summed E-state index contributed by atoms with van der Waals surface area (Å²) in [6.45, 7) is 1.00.